The van der Waals surface area contributed by atoms with Gasteiger partial charge in [0, 0.05) is 18.3 Å². The second kappa shape index (κ2) is 7.05. The number of nitrogens with zero attached hydrogens (tertiary/aromatic N) is 5. The van der Waals surface area contributed by atoms with Gasteiger partial charge in [-0.3, -0.25) is 4.68 Å². The predicted molar refractivity (Wildman–Crippen MR) is 99.1 cm³/mol. The van der Waals surface area contributed by atoms with Crippen molar-refractivity contribution >= 4 is 17.5 Å². The van der Waals surface area contributed by atoms with Gasteiger partial charge >= 0.3 is 6.18 Å². The van der Waals surface area contributed by atoms with E-state index in [9.17, 15) is 13.2 Å². The summed E-state index contributed by atoms with van der Waals surface area (Å²) >= 11 is 0. The molecule has 2 N–H and O–H groups in total. The Morgan fingerprint density at radius 3 is 2.79 bits per heavy atom. The number of anilines is 3. The average molecular weight is 407 g/mol. The number of aryl methyl sites for hydroxylation is 1. The summed E-state index contributed by atoms with van der Waals surface area (Å²) in [6, 6.07) is -0.0624. The molecule has 0 saturated carbocycles. The molecule has 0 spiro atoms. The van der Waals surface area contributed by atoms with Crippen molar-refractivity contribution in [1.82, 2.24) is 24.9 Å². The number of halogens is 3. The molecule has 3 aromatic rings. The van der Waals surface area contributed by atoms with Gasteiger partial charge in [-0.1, -0.05) is 5.16 Å². The largest absolute Gasteiger partial charge is 0.421 e. The second-order valence-corrected chi connectivity index (χ2v) is 6.86. The fraction of sp³-hybridized carbons (Fsp3) is 0.444. The summed E-state index contributed by atoms with van der Waals surface area (Å²) in [5.74, 6) is 0.597. The zero-order valence-corrected chi connectivity index (χ0v) is 16.1. The van der Waals surface area contributed by atoms with Crippen molar-refractivity contribution in [1.29, 1.82) is 0 Å². The Labute approximate surface area is 164 Å². The van der Waals surface area contributed by atoms with Crippen molar-refractivity contribution in [3.05, 3.63) is 40.7 Å². The minimum atomic E-state index is -4.54. The third-order valence-corrected chi connectivity index (χ3v) is 5.01. The molecule has 1 aliphatic rings. The first-order valence-electron chi connectivity index (χ1n) is 9.23. The fourth-order valence-electron chi connectivity index (χ4n) is 3.55. The van der Waals surface area contributed by atoms with Gasteiger partial charge in [-0.2, -0.15) is 23.3 Å². The Kier molecular flexibility index (Phi) is 4.67. The van der Waals surface area contributed by atoms with Crippen LogP contribution < -0.4 is 10.6 Å². The Morgan fingerprint density at radius 1 is 1.28 bits per heavy atom. The van der Waals surface area contributed by atoms with Gasteiger partial charge in [0.15, 0.2) is 5.76 Å². The number of alkyl halides is 3. The number of fused-ring (bicyclic) bond motifs is 1. The van der Waals surface area contributed by atoms with E-state index < -0.39 is 11.7 Å². The molecule has 0 aliphatic heterocycles. The van der Waals surface area contributed by atoms with E-state index in [2.05, 4.69) is 30.9 Å². The summed E-state index contributed by atoms with van der Waals surface area (Å²) in [6.07, 6.45) is -0.448. The van der Waals surface area contributed by atoms with Crippen molar-refractivity contribution in [2.24, 2.45) is 0 Å². The van der Waals surface area contributed by atoms with Gasteiger partial charge in [0.1, 0.15) is 17.4 Å². The first-order chi connectivity index (χ1) is 13.8. The van der Waals surface area contributed by atoms with E-state index in [0.717, 1.165) is 41.8 Å². The first-order valence-corrected chi connectivity index (χ1v) is 9.23. The number of hydrogen-bond acceptors (Lipinski definition) is 7. The molecule has 1 aliphatic carbocycles. The molecule has 0 aromatic carbocycles. The van der Waals surface area contributed by atoms with Crippen LogP contribution in [0.2, 0.25) is 0 Å². The third kappa shape index (κ3) is 3.40. The summed E-state index contributed by atoms with van der Waals surface area (Å²) in [5, 5.41) is 14.1. The lowest BCUT2D eigenvalue weighted by molar-refractivity contribution is -0.137. The topological polar surface area (TPSA) is 93.7 Å². The maximum absolute atomic E-state index is 13.1. The predicted octanol–water partition coefficient (Wildman–Crippen LogP) is 4.01. The monoisotopic (exact) mass is 407 g/mol. The van der Waals surface area contributed by atoms with Crippen LogP contribution >= 0.6 is 0 Å². The SMILES string of the molecule is CCNc1nc(Nc2cnn(C3CCc4c(C)noc43)c2C)ncc1C(F)(F)F. The first kappa shape index (κ1) is 19.2. The summed E-state index contributed by atoms with van der Waals surface area (Å²) < 4.78 is 46.7. The van der Waals surface area contributed by atoms with Gasteiger partial charge in [-0.05, 0) is 33.6 Å². The number of hydrogen-bond donors (Lipinski definition) is 2. The van der Waals surface area contributed by atoms with Crippen molar-refractivity contribution in [2.45, 2.75) is 45.8 Å². The summed E-state index contributed by atoms with van der Waals surface area (Å²) in [7, 11) is 0. The lowest BCUT2D eigenvalue weighted by Crippen LogP contribution is -2.14. The van der Waals surface area contributed by atoms with E-state index in [1.807, 2.05) is 18.5 Å². The van der Waals surface area contributed by atoms with E-state index in [4.69, 9.17) is 4.52 Å². The maximum Gasteiger partial charge on any atom is 0.421 e. The maximum atomic E-state index is 13.1. The highest BCUT2D eigenvalue weighted by atomic mass is 19.4. The molecule has 11 heteroatoms. The van der Waals surface area contributed by atoms with Crippen LogP contribution in [0.1, 0.15) is 47.7 Å². The van der Waals surface area contributed by atoms with Gasteiger partial charge < -0.3 is 15.2 Å². The lowest BCUT2D eigenvalue weighted by atomic mass is 10.2. The molecular formula is C18H20F3N7O. The molecular weight excluding hydrogens is 387 g/mol. The van der Waals surface area contributed by atoms with E-state index in [0.29, 0.717) is 12.2 Å². The van der Waals surface area contributed by atoms with E-state index >= 15 is 0 Å². The van der Waals surface area contributed by atoms with Gasteiger partial charge in [0.25, 0.3) is 0 Å². The molecule has 29 heavy (non-hydrogen) atoms. The van der Waals surface area contributed by atoms with Crippen LogP contribution in [-0.2, 0) is 12.6 Å². The van der Waals surface area contributed by atoms with Crippen molar-refractivity contribution in [3.8, 4) is 0 Å². The highest BCUT2D eigenvalue weighted by molar-refractivity contribution is 5.58. The van der Waals surface area contributed by atoms with E-state index in [1.54, 1.807) is 13.1 Å². The number of nitrogens with one attached hydrogen (secondary N) is 2. The molecule has 154 valence electrons. The van der Waals surface area contributed by atoms with Crippen LogP contribution in [0.15, 0.2) is 16.9 Å². The molecule has 3 heterocycles. The van der Waals surface area contributed by atoms with E-state index in [1.165, 1.54) is 0 Å². The Hall–Kier alpha value is -3.11. The van der Waals surface area contributed by atoms with Crippen LogP contribution in [0, 0.1) is 13.8 Å². The molecule has 1 atom stereocenters. The number of aromatic nitrogens is 5. The summed E-state index contributed by atoms with van der Waals surface area (Å²) in [6.45, 7) is 5.78. The Bertz CT molecular complexity index is 1040. The molecule has 0 amide bonds. The van der Waals surface area contributed by atoms with Gasteiger partial charge in [0.05, 0.1) is 23.3 Å². The molecule has 0 bridgehead atoms. The van der Waals surface area contributed by atoms with Crippen LogP contribution in [0.3, 0.4) is 0 Å². The van der Waals surface area contributed by atoms with Gasteiger partial charge in [0.2, 0.25) is 5.95 Å². The van der Waals surface area contributed by atoms with Crippen LogP contribution in [-0.4, -0.2) is 31.4 Å². The minimum absolute atomic E-state index is 0.0548. The molecule has 8 nitrogen and oxygen atoms in total. The smallest absolute Gasteiger partial charge is 0.370 e. The van der Waals surface area contributed by atoms with Gasteiger partial charge in [-0.15, -0.1) is 0 Å². The third-order valence-electron chi connectivity index (χ3n) is 5.01. The van der Waals surface area contributed by atoms with Crippen LogP contribution in [0.25, 0.3) is 0 Å². The van der Waals surface area contributed by atoms with Gasteiger partial charge in [-0.25, -0.2) is 4.98 Å². The fourth-order valence-corrected chi connectivity index (χ4v) is 3.55. The molecule has 4 rings (SSSR count). The molecule has 0 fully saturated rings. The molecule has 3 aromatic heterocycles. The standard InChI is InChI=1S/C18H20F3N7O/c1-4-22-16-12(18(19,20)21)7-23-17(26-16)25-13-8-24-28(10(13)3)14-6-5-11-9(2)27-29-15(11)14/h7-8,14H,4-6H2,1-3H3,(H2,22,23,25,26). The van der Waals surface area contributed by atoms with Crippen molar-refractivity contribution in [2.75, 3.05) is 17.2 Å². The van der Waals surface area contributed by atoms with Crippen LogP contribution in [0.5, 0.6) is 0 Å². The quantitative estimate of drug-likeness (QED) is 0.660. The Morgan fingerprint density at radius 2 is 2.07 bits per heavy atom. The summed E-state index contributed by atoms with van der Waals surface area (Å²) in [4.78, 5) is 7.82. The Balaban J connectivity index is 1.61. The zero-order chi connectivity index (χ0) is 20.8. The average Bonchev–Trinajstić information content (AvgIpc) is 3.33. The van der Waals surface area contributed by atoms with Crippen LogP contribution in [0.4, 0.5) is 30.6 Å². The molecule has 1 unspecified atom stereocenters. The summed E-state index contributed by atoms with van der Waals surface area (Å²) in [5.41, 5.74) is 2.50. The molecule has 0 radical (unpaired) electrons. The minimum Gasteiger partial charge on any atom is -0.370 e. The zero-order valence-electron chi connectivity index (χ0n) is 16.1. The lowest BCUT2D eigenvalue weighted by Gasteiger charge is -2.14. The highest BCUT2D eigenvalue weighted by Crippen LogP contribution is 2.38. The van der Waals surface area contributed by atoms with Crippen molar-refractivity contribution < 1.29 is 17.7 Å². The van der Waals surface area contributed by atoms with Crippen molar-refractivity contribution in [3.63, 3.8) is 0 Å². The highest BCUT2D eigenvalue weighted by Gasteiger charge is 2.35. The van der Waals surface area contributed by atoms with E-state index in [-0.39, 0.29) is 17.8 Å². The normalized spacial score (nSPS) is 16.1. The molecule has 0 saturated heterocycles. The second-order valence-electron chi connectivity index (χ2n) is 6.86. The number of rotatable bonds is 5.